The quantitative estimate of drug-likeness (QED) is 0.764. The zero-order chi connectivity index (χ0) is 13.5. The van der Waals surface area contributed by atoms with Crippen molar-refractivity contribution in [1.29, 1.82) is 0 Å². The molecule has 1 aromatic rings. The van der Waals surface area contributed by atoms with Gasteiger partial charge in [-0.3, -0.25) is 4.90 Å². The Kier molecular flexibility index (Phi) is 5.83. The van der Waals surface area contributed by atoms with E-state index in [4.69, 9.17) is 4.74 Å². The van der Waals surface area contributed by atoms with Gasteiger partial charge < -0.3 is 10.1 Å². The lowest BCUT2D eigenvalue weighted by atomic mass is 10.1. The lowest BCUT2D eigenvalue weighted by Crippen LogP contribution is -2.22. The molecule has 1 heterocycles. The molecular formula is C16H26N2O. The van der Waals surface area contributed by atoms with Crippen LogP contribution in [-0.4, -0.2) is 37.7 Å². The maximum absolute atomic E-state index is 5.42. The summed E-state index contributed by atoms with van der Waals surface area (Å²) in [4.78, 5) is 2.48. The van der Waals surface area contributed by atoms with E-state index in [1.54, 1.807) is 0 Å². The van der Waals surface area contributed by atoms with E-state index in [2.05, 4.69) is 41.4 Å². The molecular weight excluding hydrogens is 236 g/mol. The summed E-state index contributed by atoms with van der Waals surface area (Å²) < 4.78 is 5.42. The van der Waals surface area contributed by atoms with Crippen LogP contribution in [0.3, 0.4) is 0 Å². The Labute approximate surface area is 116 Å². The van der Waals surface area contributed by atoms with Gasteiger partial charge in [0.15, 0.2) is 0 Å². The molecule has 0 aromatic heterocycles. The minimum absolute atomic E-state index is 0.425. The van der Waals surface area contributed by atoms with Crippen LogP contribution in [0.5, 0.6) is 0 Å². The monoisotopic (exact) mass is 262 g/mol. The number of nitrogens with one attached hydrogen (secondary N) is 1. The number of benzene rings is 1. The number of nitrogens with zero attached hydrogens (tertiary/aromatic N) is 1. The average Bonchev–Trinajstić information content (AvgIpc) is 2.87. The van der Waals surface area contributed by atoms with Gasteiger partial charge >= 0.3 is 0 Å². The fourth-order valence-corrected chi connectivity index (χ4v) is 2.64. The van der Waals surface area contributed by atoms with E-state index in [0.717, 1.165) is 39.1 Å². The number of likely N-dealkylation sites (tertiary alicyclic amines) is 1. The second-order valence-electron chi connectivity index (χ2n) is 5.38. The van der Waals surface area contributed by atoms with Gasteiger partial charge in [-0.15, -0.1) is 0 Å². The summed E-state index contributed by atoms with van der Waals surface area (Å²) in [5.74, 6) is 0. The first kappa shape index (κ1) is 14.5. The molecule has 1 aromatic carbocycles. The van der Waals surface area contributed by atoms with Crippen molar-refractivity contribution in [2.45, 2.75) is 39.0 Å². The zero-order valence-electron chi connectivity index (χ0n) is 12.2. The second kappa shape index (κ2) is 7.63. The topological polar surface area (TPSA) is 24.5 Å². The van der Waals surface area contributed by atoms with Crippen LogP contribution < -0.4 is 5.32 Å². The lowest BCUT2D eigenvalue weighted by Gasteiger charge is -2.16. The van der Waals surface area contributed by atoms with Crippen molar-refractivity contribution in [2.75, 3.05) is 26.7 Å². The van der Waals surface area contributed by atoms with Gasteiger partial charge in [0, 0.05) is 33.3 Å². The van der Waals surface area contributed by atoms with E-state index in [0.29, 0.717) is 6.10 Å². The van der Waals surface area contributed by atoms with E-state index in [1.165, 1.54) is 17.5 Å². The maximum Gasteiger partial charge on any atom is 0.0710 e. The van der Waals surface area contributed by atoms with E-state index in [1.807, 2.05) is 7.11 Å². The molecule has 0 radical (unpaired) electrons. The molecule has 0 amide bonds. The fraction of sp³-hybridized carbons (Fsp3) is 0.625. The van der Waals surface area contributed by atoms with Gasteiger partial charge in [-0.05, 0) is 30.5 Å². The molecule has 0 spiro atoms. The van der Waals surface area contributed by atoms with Gasteiger partial charge in [0.25, 0.3) is 0 Å². The first-order valence-corrected chi connectivity index (χ1v) is 7.35. The van der Waals surface area contributed by atoms with E-state index in [-0.39, 0.29) is 0 Å². The summed E-state index contributed by atoms with van der Waals surface area (Å²) in [6.07, 6.45) is 2.77. The van der Waals surface area contributed by atoms with Crippen molar-refractivity contribution in [2.24, 2.45) is 0 Å². The predicted octanol–water partition coefficient (Wildman–Crippen LogP) is 2.41. The Morgan fingerprint density at radius 3 is 2.95 bits per heavy atom. The van der Waals surface area contributed by atoms with Crippen LogP contribution in [0.15, 0.2) is 24.3 Å². The van der Waals surface area contributed by atoms with Crippen LogP contribution in [-0.2, 0) is 17.8 Å². The number of hydrogen-bond acceptors (Lipinski definition) is 3. The summed E-state index contributed by atoms with van der Waals surface area (Å²) in [7, 11) is 1.81. The highest BCUT2D eigenvalue weighted by Gasteiger charge is 2.21. The SMILES string of the molecule is CCCNCc1cccc(CN2CCC(OC)C2)c1. The summed E-state index contributed by atoms with van der Waals surface area (Å²) in [6.45, 7) is 7.52. The van der Waals surface area contributed by atoms with Crippen LogP contribution >= 0.6 is 0 Å². The second-order valence-corrected chi connectivity index (χ2v) is 5.38. The highest BCUT2D eigenvalue weighted by Crippen LogP contribution is 2.16. The summed E-state index contributed by atoms with van der Waals surface area (Å²) in [5.41, 5.74) is 2.79. The Bertz CT molecular complexity index is 381. The largest absolute Gasteiger partial charge is 0.380 e. The number of ether oxygens (including phenoxy) is 1. The average molecular weight is 262 g/mol. The third-order valence-corrected chi connectivity index (χ3v) is 3.72. The molecule has 2 rings (SSSR count). The molecule has 1 fully saturated rings. The van der Waals surface area contributed by atoms with Gasteiger partial charge in [-0.25, -0.2) is 0 Å². The van der Waals surface area contributed by atoms with Gasteiger partial charge in [0.2, 0.25) is 0 Å². The zero-order valence-corrected chi connectivity index (χ0v) is 12.2. The van der Waals surface area contributed by atoms with Crippen LogP contribution in [0.2, 0.25) is 0 Å². The van der Waals surface area contributed by atoms with Gasteiger partial charge in [0.05, 0.1) is 6.10 Å². The third kappa shape index (κ3) is 4.60. The molecule has 1 saturated heterocycles. The standard InChI is InChI=1S/C16H26N2O/c1-3-8-17-11-14-5-4-6-15(10-14)12-18-9-7-16(13-18)19-2/h4-6,10,16-17H,3,7-9,11-13H2,1-2H3. The van der Waals surface area contributed by atoms with Crippen LogP contribution in [0.4, 0.5) is 0 Å². The molecule has 1 N–H and O–H groups in total. The first-order valence-electron chi connectivity index (χ1n) is 7.35. The molecule has 0 saturated carbocycles. The molecule has 3 heteroatoms. The summed E-state index contributed by atoms with van der Waals surface area (Å²) in [6, 6.07) is 8.92. The summed E-state index contributed by atoms with van der Waals surface area (Å²) in [5, 5.41) is 3.45. The fourth-order valence-electron chi connectivity index (χ4n) is 2.64. The normalized spacial score (nSPS) is 20.0. The van der Waals surface area contributed by atoms with E-state index < -0.39 is 0 Å². The number of rotatable bonds is 7. The molecule has 0 aliphatic carbocycles. The van der Waals surface area contributed by atoms with Crippen molar-refractivity contribution in [3.05, 3.63) is 35.4 Å². The molecule has 19 heavy (non-hydrogen) atoms. The van der Waals surface area contributed by atoms with Crippen molar-refractivity contribution >= 4 is 0 Å². The Balaban J connectivity index is 1.85. The first-order chi connectivity index (χ1) is 9.31. The molecule has 3 nitrogen and oxygen atoms in total. The van der Waals surface area contributed by atoms with Crippen molar-refractivity contribution in [1.82, 2.24) is 10.2 Å². The molecule has 1 aliphatic rings. The highest BCUT2D eigenvalue weighted by atomic mass is 16.5. The smallest absolute Gasteiger partial charge is 0.0710 e. The third-order valence-electron chi connectivity index (χ3n) is 3.72. The molecule has 1 atom stereocenters. The molecule has 0 bridgehead atoms. The van der Waals surface area contributed by atoms with Crippen LogP contribution in [0.25, 0.3) is 0 Å². The van der Waals surface area contributed by atoms with Crippen molar-refractivity contribution < 1.29 is 4.74 Å². The van der Waals surface area contributed by atoms with Gasteiger partial charge in [-0.2, -0.15) is 0 Å². The van der Waals surface area contributed by atoms with E-state index in [9.17, 15) is 0 Å². The maximum atomic E-state index is 5.42. The van der Waals surface area contributed by atoms with Crippen LogP contribution in [0, 0.1) is 0 Å². The minimum atomic E-state index is 0.425. The van der Waals surface area contributed by atoms with Crippen LogP contribution in [0.1, 0.15) is 30.9 Å². The molecule has 106 valence electrons. The van der Waals surface area contributed by atoms with Gasteiger partial charge in [0.1, 0.15) is 0 Å². The summed E-state index contributed by atoms with van der Waals surface area (Å²) >= 11 is 0. The Morgan fingerprint density at radius 1 is 1.37 bits per heavy atom. The Hall–Kier alpha value is -0.900. The molecule has 1 aliphatic heterocycles. The van der Waals surface area contributed by atoms with Crippen molar-refractivity contribution in [3.63, 3.8) is 0 Å². The number of hydrogen-bond donors (Lipinski definition) is 1. The number of methoxy groups -OCH3 is 1. The van der Waals surface area contributed by atoms with E-state index >= 15 is 0 Å². The Morgan fingerprint density at radius 2 is 2.21 bits per heavy atom. The lowest BCUT2D eigenvalue weighted by molar-refractivity contribution is 0.107. The molecule has 1 unspecified atom stereocenters. The minimum Gasteiger partial charge on any atom is -0.380 e. The predicted molar refractivity (Wildman–Crippen MR) is 79.1 cm³/mol. The van der Waals surface area contributed by atoms with Gasteiger partial charge in [-0.1, -0.05) is 31.2 Å². The highest BCUT2D eigenvalue weighted by molar-refractivity contribution is 5.23. The van der Waals surface area contributed by atoms with Crippen molar-refractivity contribution in [3.8, 4) is 0 Å².